The summed E-state index contributed by atoms with van der Waals surface area (Å²) in [5.74, 6) is 0.00237. The number of nitrogens with zero attached hydrogens (tertiary/aromatic N) is 4. The number of carbonyl (C=O) groups is 1. The van der Waals surface area contributed by atoms with Crippen LogP contribution in [0.25, 0.3) is 0 Å². The van der Waals surface area contributed by atoms with Crippen LogP contribution in [0.15, 0.2) is 16.9 Å². The zero-order chi connectivity index (χ0) is 22.6. The summed E-state index contributed by atoms with van der Waals surface area (Å²) in [4.78, 5) is 38.9. The second kappa shape index (κ2) is 7.47. The van der Waals surface area contributed by atoms with E-state index >= 15 is 0 Å². The lowest BCUT2D eigenvalue weighted by atomic mass is 9.73. The van der Waals surface area contributed by atoms with Gasteiger partial charge < -0.3 is 24.9 Å². The first-order valence-corrected chi connectivity index (χ1v) is 10.9. The van der Waals surface area contributed by atoms with Crippen LogP contribution in [0.5, 0.6) is 5.75 Å². The van der Waals surface area contributed by atoms with E-state index in [1.54, 1.807) is 0 Å². The third kappa shape index (κ3) is 2.96. The Labute approximate surface area is 184 Å². The number of phenols is 1. The number of benzene rings is 1. The largest absolute Gasteiger partial charge is 0.508 e. The van der Waals surface area contributed by atoms with E-state index in [0.29, 0.717) is 55.4 Å². The second-order valence-corrected chi connectivity index (χ2v) is 8.79. The van der Waals surface area contributed by atoms with Gasteiger partial charge in [-0.2, -0.15) is 4.98 Å². The van der Waals surface area contributed by atoms with Gasteiger partial charge in [0.15, 0.2) is 0 Å². The molecule has 10 heteroatoms. The van der Waals surface area contributed by atoms with Crippen LogP contribution in [0, 0.1) is 5.82 Å². The average molecular weight is 443 g/mol. The van der Waals surface area contributed by atoms with E-state index in [9.17, 15) is 24.2 Å². The monoisotopic (exact) mass is 443 g/mol. The van der Waals surface area contributed by atoms with Crippen molar-refractivity contribution in [1.29, 1.82) is 0 Å². The lowest BCUT2D eigenvalue weighted by Gasteiger charge is -2.39. The van der Waals surface area contributed by atoms with Crippen LogP contribution in [0.1, 0.15) is 30.4 Å². The zero-order valence-corrected chi connectivity index (χ0v) is 17.9. The number of amides is 1. The highest BCUT2D eigenvalue weighted by molar-refractivity contribution is 6.08. The van der Waals surface area contributed by atoms with Gasteiger partial charge in [0, 0.05) is 50.9 Å². The Morgan fingerprint density at radius 2 is 1.97 bits per heavy atom. The first-order chi connectivity index (χ1) is 15.4. The van der Waals surface area contributed by atoms with Crippen molar-refractivity contribution in [2.45, 2.75) is 31.1 Å². The quantitative estimate of drug-likeness (QED) is 0.645. The van der Waals surface area contributed by atoms with Crippen LogP contribution >= 0.6 is 0 Å². The molecular formula is C22H26FN5O4. The number of aliphatic hydroxyl groups excluding tert-OH is 1. The van der Waals surface area contributed by atoms with Crippen molar-refractivity contribution >= 4 is 23.4 Å². The van der Waals surface area contributed by atoms with Gasteiger partial charge in [0.25, 0.3) is 5.56 Å². The van der Waals surface area contributed by atoms with E-state index < -0.39 is 11.2 Å². The molecule has 3 N–H and O–H groups in total. The Bertz CT molecular complexity index is 1140. The Morgan fingerprint density at radius 1 is 1.22 bits per heavy atom. The third-order valence-corrected chi connectivity index (χ3v) is 6.98. The van der Waals surface area contributed by atoms with Crippen LogP contribution < -0.4 is 20.3 Å². The molecule has 0 saturated carbocycles. The van der Waals surface area contributed by atoms with Gasteiger partial charge in [-0.05, 0) is 25.7 Å². The van der Waals surface area contributed by atoms with Crippen molar-refractivity contribution in [2.24, 2.45) is 0 Å². The van der Waals surface area contributed by atoms with Crippen LogP contribution in [0.2, 0.25) is 0 Å². The number of hydrogen-bond acceptors (Lipinski definition) is 7. The summed E-state index contributed by atoms with van der Waals surface area (Å²) in [5, 5.41) is 19.3. The number of nitrogens with one attached hydrogen (secondary N) is 1. The van der Waals surface area contributed by atoms with Crippen LogP contribution in [-0.4, -0.2) is 65.9 Å². The highest BCUT2D eigenvalue weighted by Crippen LogP contribution is 2.50. The fraction of sp³-hybridized carbons (Fsp3) is 0.500. The van der Waals surface area contributed by atoms with Gasteiger partial charge in [-0.25, -0.2) is 4.39 Å². The number of phenolic OH excluding ortho intramolecular Hbond substituents is 1. The maximum absolute atomic E-state index is 15.0. The number of aliphatic hydroxyl groups is 1. The number of anilines is 3. The Hall–Kier alpha value is -3.14. The molecule has 3 aliphatic heterocycles. The fourth-order valence-electron chi connectivity index (χ4n) is 5.39. The van der Waals surface area contributed by atoms with Gasteiger partial charge in [0.1, 0.15) is 17.4 Å². The predicted molar refractivity (Wildman–Crippen MR) is 117 cm³/mol. The second-order valence-electron chi connectivity index (χ2n) is 8.79. The molecule has 4 heterocycles. The number of hydrogen-bond donors (Lipinski definition) is 3. The Morgan fingerprint density at radius 3 is 2.69 bits per heavy atom. The maximum atomic E-state index is 15.0. The lowest BCUT2D eigenvalue weighted by molar-refractivity contribution is -0.124. The number of aromatic nitrogens is 2. The van der Waals surface area contributed by atoms with Crippen molar-refractivity contribution in [3.8, 4) is 5.75 Å². The number of piperidine rings is 1. The normalized spacial score (nSPS) is 19.5. The highest BCUT2D eigenvalue weighted by Gasteiger charge is 2.54. The maximum Gasteiger partial charge on any atom is 0.257 e. The summed E-state index contributed by atoms with van der Waals surface area (Å²) < 4.78 is 15.0. The molecule has 1 spiro atoms. The molecule has 32 heavy (non-hydrogen) atoms. The standard InChI is InChI=1S/C22H26FN5O4/c1-26-6-2-3-14-18(26)24-21(25-19(14)31)27-7-4-22(5-8-27)17-15(23)11-13(30)12-16(17)28(9-10-29)20(22)32/h11-12,29-30H,2-10H2,1H3,(H,24,25,31). The molecule has 1 amide bonds. The van der Waals surface area contributed by atoms with E-state index in [1.165, 1.54) is 11.0 Å². The molecule has 0 atom stereocenters. The van der Waals surface area contributed by atoms with Gasteiger partial charge in [0.2, 0.25) is 11.9 Å². The number of carbonyl (C=O) groups excluding carboxylic acids is 1. The smallest absolute Gasteiger partial charge is 0.257 e. The lowest BCUT2D eigenvalue weighted by Crippen LogP contribution is -2.50. The average Bonchev–Trinajstić information content (AvgIpc) is 2.98. The van der Waals surface area contributed by atoms with Crippen molar-refractivity contribution in [3.63, 3.8) is 0 Å². The molecule has 1 saturated heterocycles. The molecule has 1 aromatic heterocycles. The van der Waals surface area contributed by atoms with Crippen LogP contribution in [0.3, 0.4) is 0 Å². The number of β-amino-alcohol motifs (C(OH)–C–C–N with tert-alkyl or cyclic N) is 1. The van der Waals surface area contributed by atoms with Gasteiger partial charge in [-0.3, -0.25) is 14.6 Å². The summed E-state index contributed by atoms with van der Waals surface area (Å²) in [7, 11) is 1.92. The van der Waals surface area contributed by atoms with Gasteiger partial charge >= 0.3 is 0 Å². The summed E-state index contributed by atoms with van der Waals surface area (Å²) >= 11 is 0. The molecule has 5 rings (SSSR count). The molecule has 9 nitrogen and oxygen atoms in total. The summed E-state index contributed by atoms with van der Waals surface area (Å²) in [6.45, 7) is 1.42. The summed E-state index contributed by atoms with van der Waals surface area (Å²) in [5.41, 5.74) is 0.0773. The molecule has 2 aromatic rings. The van der Waals surface area contributed by atoms with Crippen molar-refractivity contribution in [3.05, 3.63) is 39.4 Å². The fourth-order valence-corrected chi connectivity index (χ4v) is 5.39. The molecule has 3 aliphatic rings. The summed E-state index contributed by atoms with van der Waals surface area (Å²) in [6.07, 6.45) is 2.27. The summed E-state index contributed by atoms with van der Waals surface area (Å²) in [6, 6.07) is 2.41. The minimum absolute atomic E-state index is 0.0340. The van der Waals surface area contributed by atoms with E-state index in [2.05, 4.69) is 4.98 Å². The highest BCUT2D eigenvalue weighted by atomic mass is 19.1. The van der Waals surface area contributed by atoms with Crippen molar-refractivity contribution < 1.29 is 19.4 Å². The molecule has 1 aromatic carbocycles. The SMILES string of the molecule is CN1CCCc2c1nc(N1CCC3(CC1)C(=O)N(CCO)c1cc(O)cc(F)c13)[nH]c2=O. The molecule has 0 radical (unpaired) electrons. The molecular weight excluding hydrogens is 417 g/mol. The van der Waals surface area contributed by atoms with E-state index in [-0.39, 0.29) is 35.9 Å². The molecule has 1 fully saturated rings. The van der Waals surface area contributed by atoms with E-state index in [1.807, 2.05) is 16.8 Å². The van der Waals surface area contributed by atoms with Crippen LogP contribution in [-0.2, 0) is 16.6 Å². The number of aromatic hydroxyl groups is 1. The third-order valence-electron chi connectivity index (χ3n) is 6.98. The van der Waals surface area contributed by atoms with Gasteiger partial charge in [-0.15, -0.1) is 0 Å². The zero-order valence-electron chi connectivity index (χ0n) is 17.9. The van der Waals surface area contributed by atoms with Gasteiger partial charge in [-0.1, -0.05) is 0 Å². The van der Waals surface area contributed by atoms with Crippen LogP contribution in [0.4, 0.5) is 21.8 Å². The number of H-pyrrole nitrogens is 1. The Kier molecular flexibility index (Phi) is 4.85. The predicted octanol–water partition coefficient (Wildman–Crippen LogP) is 0.874. The molecule has 0 aliphatic carbocycles. The topological polar surface area (TPSA) is 113 Å². The molecule has 0 unspecified atom stereocenters. The molecule has 0 bridgehead atoms. The number of rotatable bonds is 3. The van der Waals surface area contributed by atoms with E-state index in [4.69, 9.17) is 4.98 Å². The first-order valence-electron chi connectivity index (χ1n) is 10.9. The van der Waals surface area contributed by atoms with Crippen molar-refractivity contribution in [2.75, 3.05) is 54.5 Å². The first kappa shape index (κ1) is 20.7. The van der Waals surface area contributed by atoms with E-state index in [0.717, 1.165) is 19.0 Å². The van der Waals surface area contributed by atoms with Crippen molar-refractivity contribution in [1.82, 2.24) is 9.97 Å². The number of halogens is 1. The molecule has 170 valence electrons. The minimum atomic E-state index is -1.07. The Balaban J connectivity index is 1.47. The van der Waals surface area contributed by atoms with Gasteiger partial charge in [0.05, 0.1) is 23.3 Å². The number of aromatic amines is 1. The minimum Gasteiger partial charge on any atom is -0.508 e. The number of fused-ring (bicyclic) bond motifs is 3.